The van der Waals surface area contributed by atoms with E-state index in [1.165, 1.54) is 6.26 Å². The predicted molar refractivity (Wildman–Crippen MR) is 110 cm³/mol. The van der Waals surface area contributed by atoms with E-state index in [1.807, 2.05) is 0 Å². The van der Waals surface area contributed by atoms with Gasteiger partial charge in [-0.15, -0.1) is 0 Å². The number of carbonyl (C=O) groups is 3. The van der Waals surface area contributed by atoms with Gasteiger partial charge in [0, 0.05) is 10.9 Å². The third-order valence-corrected chi connectivity index (χ3v) is 5.06. The van der Waals surface area contributed by atoms with E-state index in [-0.39, 0.29) is 35.2 Å². The number of nitrogens with one attached hydrogen (secondary N) is 3. The van der Waals surface area contributed by atoms with E-state index in [0.29, 0.717) is 16.7 Å². The van der Waals surface area contributed by atoms with Gasteiger partial charge in [-0.05, 0) is 25.1 Å². The van der Waals surface area contributed by atoms with Gasteiger partial charge in [-0.1, -0.05) is 29.8 Å². The molecular weight excluding hydrogens is 426 g/mol. The molecule has 3 N–H and O–H groups in total. The highest BCUT2D eigenvalue weighted by Gasteiger charge is 2.36. The molecule has 0 fully saturated rings. The van der Waals surface area contributed by atoms with Gasteiger partial charge in [-0.3, -0.25) is 0 Å². The first-order chi connectivity index (χ1) is 15.0. The molecule has 1 aliphatic heterocycles. The molecule has 0 radical (unpaired) electrons. The van der Waals surface area contributed by atoms with Gasteiger partial charge < -0.3 is 29.5 Å². The summed E-state index contributed by atoms with van der Waals surface area (Å²) in [6.07, 6.45) is 1.42. The van der Waals surface area contributed by atoms with Gasteiger partial charge in [0.1, 0.15) is 24.1 Å². The molecule has 2 aromatic heterocycles. The quantitative estimate of drug-likeness (QED) is 0.501. The number of halogens is 1. The van der Waals surface area contributed by atoms with Crippen molar-refractivity contribution in [3.63, 3.8) is 0 Å². The molecule has 1 aromatic carbocycles. The largest absolute Gasteiger partial charge is 0.467 e. The molecule has 0 aliphatic carbocycles. The molecule has 0 bridgehead atoms. The van der Waals surface area contributed by atoms with E-state index in [9.17, 15) is 14.4 Å². The Labute approximate surface area is 181 Å². The summed E-state index contributed by atoms with van der Waals surface area (Å²) in [7, 11) is 0. The molecule has 3 aromatic rings. The van der Waals surface area contributed by atoms with Crippen molar-refractivity contribution in [1.82, 2.24) is 15.6 Å². The number of H-pyrrole nitrogens is 1. The van der Waals surface area contributed by atoms with Crippen molar-refractivity contribution in [3.05, 3.63) is 70.4 Å². The number of benzene rings is 1. The van der Waals surface area contributed by atoms with Gasteiger partial charge in [0.15, 0.2) is 0 Å². The normalized spacial score (nSPS) is 16.1. The summed E-state index contributed by atoms with van der Waals surface area (Å²) in [6.45, 7) is 1.40. The van der Waals surface area contributed by atoms with E-state index in [4.69, 9.17) is 25.5 Å². The number of fused-ring (bicyclic) bond motifs is 1. The molecule has 9 nitrogen and oxygen atoms in total. The lowest BCUT2D eigenvalue weighted by molar-refractivity contribution is -0.139. The average molecular weight is 444 g/mol. The highest BCUT2D eigenvalue weighted by molar-refractivity contribution is 6.38. The molecule has 10 heteroatoms. The summed E-state index contributed by atoms with van der Waals surface area (Å²) in [4.78, 5) is 40.4. The van der Waals surface area contributed by atoms with Crippen molar-refractivity contribution >= 4 is 40.5 Å². The van der Waals surface area contributed by atoms with Crippen molar-refractivity contribution in [2.45, 2.75) is 13.0 Å². The fourth-order valence-corrected chi connectivity index (χ4v) is 3.60. The first kappa shape index (κ1) is 20.5. The smallest absolute Gasteiger partial charge is 0.356 e. The number of urea groups is 1. The Morgan fingerprint density at radius 2 is 1.94 bits per heavy atom. The van der Waals surface area contributed by atoms with E-state index in [2.05, 4.69) is 15.6 Å². The summed E-state index contributed by atoms with van der Waals surface area (Å²) in [5.41, 5.74) is 0.916. The van der Waals surface area contributed by atoms with Crippen LogP contribution in [-0.2, 0) is 14.3 Å². The third-order valence-electron chi connectivity index (χ3n) is 4.67. The molecule has 3 heterocycles. The summed E-state index contributed by atoms with van der Waals surface area (Å²) >= 11 is 6.30. The lowest BCUT2D eigenvalue weighted by Gasteiger charge is -2.27. The number of furan rings is 1. The van der Waals surface area contributed by atoms with E-state index >= 15 is 0 Å². The van der Waals surface area contributed by atoms with Crippen molar-refractivity contribution in [2.24, 2.45) is 0 Å². The number of ether oxygens (including phenoxy) is 2. The SMILES string of the molecule is CCOC(=O)C1=C(COC(=O)c2[nH]c3ccccc3c2Cl)NC(=O)NC1c1ccco1. The summed E-state index contributed by atoms with van der Waals surface area (Å²) in [6, 6.07) is 8.92. The zero-order valence-corrected chi connectivity index (χ0v) is 17.1. The van der Waals surface area contributed by atoms with Crippen LogP contribution in [0, 0.1) is 0 Å². The van der Waals surface area contributed by atoms with Crippen LogP contribution in [0.4, 0.5) is 4.79 Å². The number of rotatable bonds is 6. The van der Waals surface area contributed by atoms with Gasteiger partial charge in [0.05, 0.1) is 29.2 Å². The predicted octanol–water partition coefficient (Wildman–Crippen LogP) is 3.44. The number of aromatic amines is 1. The van der Waals surface area contributed by atoms with Gasteiger partial charge in [-0.25, -0.2) is 14.4 Å². The number of carbonyl (C=O) groups excluding carboxylic acids is 3. The van der Waals surface area contributed by atoms with Gasteiger partial charge in [0.25, 0.3) is 0 Å². The lowest BCUT2D eigenvalue weighted by atomic mass is 10.0. The zero-order chi connectivity index (χ0) is 22.0. The minimum Gasteiger partial charge on any atom is -0.467 e. The number of aromatic nitrogens is 1. The van der Waals surface area contributed by atoms with Crippen LogP contribution in [0.5, 0.6) is 0 Å². The molecule has 160 valence electrons. The van der Waals surface area contributed by atoms with E-state index in [1.54, 1.807) is 43.3 Å². The van der Waals surface area contributed by atoms with Gasteiger partial charge in [0.2, 0.25) is 0 Å². The maximum absolute atomic E-state index is 12.6. The Bertz CT molecular complexity index is 1180. The second-order valence-electron chi connectivity index (χ2n) is 6.60. The summed E-state index contributed by atoms with van der Waals surface area (Å²) in [5, 5.41) is 6.03. The van der Waals surface area contributed by atoms with Crippen LogP contribution in [0.2, 0.25) is 5.02 Å². The standard InChI is InChI=1S/C21H18ClN3O6/c1-2-29-19(26)15-13(24-21(28)25-17(15)14-8-5-9-30-14)10-31-20(27)18-16(22)11-6-3-4-7-12(11)23-18/h3-9,17,23H,2,10H2,1H3,(H2,24,25,28). The fourth-order valence-electron chi connectivity index (χ4n) is 3.31. The molecule has 0 spiro atoms. The number of esters is 2. The second-order valence-corrected chi connectivity index (χ2v) is 6.97. The highest BCUT2D eigenvalue weighted by atomic mass is 35.5. The van der Waals surface area contributed by atoms with Crippen LogP contribution >= 0.6 is 11.6 Å². The van der Waals surface area contributed by atoms with Crippen LogP contribution in [0.3, 0.4) is 0 Å². The molecular formula is C21H18ClN3O6. The summed E-state index contributed by atoms with van der Waals surface area (Å²) < 4.78 is 15.8. The van der Waals surface area contributed by atoms with E-state index in [0.717, 1.165) is 0 Å². The van der Waals surface area contributed by atoms with Crippen LogP contribution in [0.15, 0.2) is 58.3 Å². The minimum atomic E-state index is -0.895. The Morgan fingerprint density at radius 1 is 1.13 bits per heavy atom. The lowest BCUT2D eigenvalue weighted by Crippen LogP contribution is -2.47. The monoisotopic (exact) mass is 443 g/mol. The zero-order valence-electron chi connectivity index (χ0n) is 16.4. The first-order valence-electron chi connectivity index (χ1n) is 9.44. The van der Waals surface area contributed by atoms with Gasteiger partial charge >= 0.3 is 18.0 Å². The van der Waals surface area contributed by atoms with Crippen LogP contribution in [0.1, 0.15) is 29.2 Å². The van der Waals surface area contributed by atoms with E-state index < -0.39 is 24.0 Å². The Morgan fingerprint density at radius 3 is 2.65 bits per heavy atom. The topological polar surface area (TPSA) is 123 Å². The maximum Gasteiger partial charge on any atom is 0.356 e. The van der Waals surface area contributed by atoms with Crippen molar-refractivity contribution < 1.29 is 28.3 Å². The fraction of sp³-hybridized carbons (Fsp3) is 0.190. The minimum absolute atomic E-state index is 0.0731. The second kappa shape index (κ2) is 8.57. The van der Waals surface area contributed by atoms with Crippen LogP contribution in [-0.4, -0.2) is 36.2 Å². The third kappa shape index (κ3) is 3.99. The number of amides is 2. The van der Waals surface area contributed by atoms with Crippen LogP contribution in [0.25, 0.3) is 10.9 Å². The number of para-hydroxylation sites is 1. The molecule has 31 heavy (non-hydrogen) atoms. The van der Waals surface area contributed by atoms with Crippen molar-refractivity contribution in [3.8, 4) is 0 Å². The van der Waals surface area contributed by atoms with Gasteiger partial charge in [-0.2, -0.15) is 0 Å². The molecule has 1 aliphatic rings. The van der Waals surface area contributed by atoms with Crippen molar-refractivity contribution in [1.29, 1.82) is 0 Å². The summed E-state index contributed by atoms with van der Waals surface area (Å²) in [5.74, 6) is -1.08. The first-order valence-corrected chi connectivity index (χ1v) is 9.81. The molecule has 1 atom stereocenters. The highest BCUT2D eigenvalue weighted by Crippen LogP contribution is 2.30. The molecule has 0 saturated heterocycles. The number of hydrogen-bond donors (Lipinski definition) is 3. The van der Waals surface area contributed by atoms with Crippen LogP contribution < -0.4 is 10.6 Å². The average Bonchev–Trinajstić information content (AvgIpc) is 3.40. The molecule has 2 amide bonds. The Kier molecular flexibility index (Phi) is 5.68. The molecule has 4 rings (SSSR count). The molecule has 0 saturated carbocycles. The molecule has 1 unspecified atom stereocenters. The number of hydrogen-bond acceptors (Lipinski definition) is 6. The van der Waals surface area contributed by atoms with Crippen molar-refractivity contribution in [2.75, 3.05) is 13.2 Å². The Balaban J connectivity index is 1.63. The maximum atomic E-state index is 12.6. The Hall–Kier alpha value is -3.72.